The number of carbonyl (C=O) groups excluding carboxylic acids is 2. The van der Waals surface area contributed by atoms with E-state index in [2.05, 4.69) is 21.5 Å². The molecule has 156 valence electrons. The summed E-state index contributed by atoms with van der Waals surface area (Å²) in [5, 5.41) is 12.3. The third kappa shape index (κ3) is 4.03. The third-order valence-corrected chi connectivity index (χ3v) is 6.26. The molecule has 0 radical (unpaired) electrons. The Balaban J connectivity index is 1.77. The molecule has 9 heteroatoms. The van der Waals surface area contributed by atoms with Gasteiger partial charge in [0.05, 0.1) is 23.4 Å². The van der Waals surface area contributed by atoms with Crippen LogP contribution in [0.4, 0.5) is 0 Å². The molecule has 0 aliphatic carbocycles. The molecule has 0 spiro atoms. The number of nitrogens with zero attached hydrogens (tertiary/aromatic N) is 4. The maximum Gasteiger partial charge on any atom is 0.283 e. The molecule has 1 aliphatic heterocycles. The van der Waals surface area contributed by atoms with Crippen molar-refractivity contribution in [2.45, 2.75) is 25.8 Å². The number of aromatic nitrogens is 2. The van der Waals surface area contributed by atoms with Crippen LogP contribution in [-0.2, 0) is 0 Å². The average molecular weight is 433 g/mol. The van der Waals surface area contributed by atoms with Gasteiger partial charge in [0.25, 0.3) is 11.8 Å². The highest BCUT2D eigenvalue weighted by Gasteiger charge is 2.33. The lowest BCUT2D eigenvalue weighted by Gasteiger charge is -2.23. The van der Waals surface area contributed by atoms with Gasteiger partial charge >= 0.3 is 0 Å². The van der Waals surface area contributed by atoms with Gasteiger partial charge in [-0.1, -0.05) is 18.2 Å². The molecule has 1 unspecified atom stereocenters. The molecular weight excluding hydrogens is 412 g/mol. The summed E-state index contributed by atoms with van der Waals surface area (Å²) in [6, 6.07) is 12.0. The van der Waals surface area contributed by atoms with Crippen molar-refractivity contribution in [2.24, 2.45) is 5.84 Å². The molecule has 3 heterocycles. The van der Waals surface area contributed by atoms with Crippen molar-refractivity contribution >= 4 is 23.2 Å². The summed E-state index contributed by atoms with van der Waals surface area (Å²) in [4.78, 5) is 36.4. The lowest BCUT2D eigenvalue weighted by atomic mass is 10.0. The fourth-order valence-corrected chi connectivity index (χ4v) is 4.69. The Morgan fingerprint density at radius 1 is 1.29 bits per heavy atom. The Morgan fingerprint density at radius 2 is 2.10 bits per heavy atom. The van der Waals surface area contributed by atoms with E-state index in [0.29, 0.717) is 28.9 Å². The fourth-order valence-electron chi connectivity index (χ4n) is 3.74. The Morgan fingerprint density at radius 3 is 2.81 bits per heavy atom. The Bertz CT molecular complexity index is 1200. The van der Waals surface area contributed by atoms with E-state index in [9.17, 15) is 14.9 Å². The Labute approximate surface area is 183 Å². The van der Waals surface area contributed by atoms with E-state index >= 15 is 0 Å². The second-order valence-electron chi connectivity index (χ2n) is 7.24. The van der Waals surface area contributed by atoms with Crippen LogP contribution in [0.5, 0.6) is 0 Å². The van der Waals surface area contributed by atoms with Crippen LogP contribution >= 0.6 is 11.3 Å². The zero-order valence-corrected chi connectivity index (χ0v) is 17.6. The second-order valence-corrected chi connectivity index (χ2v) is 8.13. The zero-order chi connectivity index (χ0) is 22.0. The molecule has 0 saturated carbocycles. The molecule has 1 saturated heterocycles. The summed E-state index contributed by atoms with van der Waals surface area (Å²) >= 11 is 1.55. The third-order valence-electron chi connectivity index (χ3n) is 5.19. The number of aryl methyl sites for hydroxylation is 1. The first-order valence-corrected chi connectivity index (χ1v) is 10.7. The van der Waals surface area contributed by atoms with Crippen molar-refractivity contribution in [3.05, 3.63) is 69.3 Å². The van der Waals surface area contributed by atoms with Crippen molar-refractivity contribution in [3.63, 3.8) is 0 Å². The number of benzene rings is 1. The first-order chi connectivity index (χ1) is 15.0. The standard InChI is InChI=1S/C22H20N6O2S/c1-13-12-31-21(25-13)19-7-4-8-28(19)22(30)15-9-17(26-18(10-15)20(29)27-24)16-6-3-2-5-14(16)11-23/h2-3,5-6,9-10,12,19H,4,7-8,24H2,1H3,(H,27,29). The summed E-state index contributed by atoms with van der Waals surface area (Å²) in [7, 11) is 0. The number of amides is 2. The molecule has 31 heavy (non-hydrogen) atoms. The molecule has 1 fully saturated rings. The molecule has 0 bridgehead atoms. The van der Waals surface area contributed by atoms with E-state index in [1.54, 1.807) is 46.6 Å². The van der Waals surface area contributed by atoms with E-state index in [1.165, 1.54) is 6.07 Å². The molecule has 8 nitrogen and oxygen atoms in total. The SMILES string of the molecule is Cc1csc(C2CCCN2C(=O)c2cc(C(=O)NN)nc(-c3ccccc3C#N)c2)n1. The number of hydrogen-bond acceptors (Lipinski definition) is 7. The first-order valence-electron chi connectivity index (χ1n) is 9.77. The van der Waals surface area contributed by atoms with Gasteiger partial charge in [-0.2, -0.15) is 5.26 Å². The average Bonchev–Trinajstić information content (AvgIpc) is 3.46. The quantitative estimate of drug-likeness (QED) is 0.371. The summed E-state index contributed by atoms with van der Waals surface area (Å²) < 4.78 is 0. The molecular formula is C22H20N6O2S. The van der Waals surface area contributed by atoms with Crippen molar-refractivity contribution in [1.29, 1.82) is 5.26 Å². The van der Waals surface area contributed by atoms with Crippen LogP contribution in [0.25, 0.3) is 11.3 Å². The van der Waals surface area contributed by atoms with Crippen LogP contribution in [0.3, 0.4) is 0 Å². The minimum Gasteiger partial charge on any atom is -0.329 e. The number of nitrogen functional groups attached to an aromatic ring is 1. The Hall–Kier alpha value is -3.61. The van der Waals surface area contributed by atoms with Gasteiger partial charge < -0.3 is 4.90 Å². The molecule has 3 N–H and O–H groups in total. The lowest BCUT2D eigenvalue weighted by molar-refractivity contribution is 0.0735. The summed E-state index contributed by atoms with van der Waals surface area (Å²) in [5.41, 5.74) is 4.62. The second kappa shape index (κ2) is 8.63. The van der Waals surface area contributed by atoms with Crippen molar-refractivity contribution < 1.29 is 9.59 Å². The van der Waals surface area contributed by atoms with Gasteiger partial charge in [0, 0.05) is 28.7 Å². The topological polar surface area (TPSA) is 125 Å². The van der Waals surface area contributed by atoms with Crippen LogP contribution in [0.1, 0.15) is 56.0 Å². The molecule has 1 aromatic carbocycles. The van der Waals surface area contributed by atoms with E-state index in [1.807, 2.05) is 12.3 Å². The monoisotopic (exact) mass is 432 g/mol. The van der Waals surface area contributed by atoms with Gasteiger partial charge in [-0.15, -0.1) is 11.3 Å². The van der Waals surface area contributed by atoms with Gasteiger partial charge in [0.15, 0.2) is 0 Å². The lowest BCUT2D eigenvalue weighted by Crippen LogP contribution is -2.33. The van der Waals surface area contributed by atoms with Crippen LogP contribution < -0.4 is 11.3 Å². The zero-order valence-electron chi connectivity index (χ0n) is 16.8. The van der Waals surface area contributed by atoms with Crippen molar-refractivity contribution in [3.8, 4) is 17.3 Å². The summed E-state index contributed by atoms with van der Waals surface area (Å²) in [6.45, 7) is 2.54. The van der Waals surface area contributed by atoms with Crippen LogP contribution in [0.2, 0.25) is 0 Å². The summed E-state index contributed by atoms with van der Waals surface area (Å²) in [6.07, 6.45) is 1.71. The normalized spacial score (nSPS) is 15.5. The van der Waals surface area contributed by atoms with Crippen LogP contribution in [0, 0.1) is 18.3 Å². The predicted molar refractivity (Wildman–Crippen MR) is 116 cm³/mol. The number of rotatable bonds is 4. The van der Waals surface area contributed by atoms with Gasteiger partial charge in [0.1, 0.15) is 10.7 Å². The number of carbonyl (C=O) groups is 2. The van der Waals surface area contributed by atoms with Crippen LogP contribution in [0.15, 0.2) is 41.8 Å². The smallest absolute Gasteiger partial charge is 0.283 e. The van der Waals surface area contributed by atoms with Gasteiger partial charge in [-0.3, -0.25) is 15.0 Å². The number of pyridine rings is 1. The largest absolute Gasteiger partial charge is 0.329 e. The highest BCUT2D eigenvalue weighted by atomic mass is 32.1. The van der Waals surface area contributed by atoms with Gasteiger partial charge in [-0.05, 0) is 38.0 Å². The Kier molecular flexibility index (Phi) is 5.75. The van der Waals surface area contributed by atoms with Gasteiger partial charge in [0.2, 0.25) is 0 Å². The first kappa shape index (κ1) is 20.7. The van der Waals surface area contributed by atoms with E-state index in [0.717, 1.165) is 23.5 Å². The number of likely N-dealkylation sites (tertiary alicyclic amines) is 1. The number of nitrogens with one attached hydrogen (secondary N) is 1. The number of nitrogens with two attached hydrogens (primary N) is 1. The molecule has 2 amide bonds. The number of hydrogen-bond donors (Lipinski definition) is 2. The van der Waals surface area contributed by atoms with E-state index in [4.69, 9.17) is 5.84 Å². The highest BCUT2D eigenvalue weighted by Crippen LogP contribution is 2.35. The van der Waals surface area contributed by atoms with Crippen molar-refractivity contribution in [1.82, 2.24) is 20.3 Å². The fraction of sp³-hybridized carbons (Fsp3) is 0.227. The molecule has 1 atom stereocenters. The molecule has 2 aromatic heterocycles. The summed E-state index contributed by atoms with van der Waals surface area (Å²) in [5.74, 6) is 4.48. The minimum atomic E-state index is -0.612. The number of nitriles is 1. The number of hydrazine groups is 1. The number of thiazole rings is 1. The molecule has 4 rings (SSSR count). The highest BCUT2D eigenvalue weighted by molar-refractivity contribution is 7.09. The van der Waals surface area contributed by atoms with Crippen molar-refractivity contribution in [2.75, 3.05) is 6.54 Å². The van der Waals surface area contributed by atoms with E-state index < -0.39 is 5.91 Å². The maximum absolute atomic E-state index is 13.5. The maximum atomic E-state index is 13.5. The van der Waals surface area contributed by atoms with Crippen LogP contribution in [-0.4, -0.2) is 33.2 Å². The minimum absolute atomic E-state index is 0.0110. The predicted octanol–water partition coefficient (Wildman–Crippen LogP) is 2.97. The molecule has 3 aromatic rings. The van der Waals surface area contributed by atoms with E-state index in [-0.39, 0.29) is 17.6 Å². The molecule has 1 aliphatic rings. The van der Waals surface area contributed by atoms with Gasteiger partial charge in [-0.25, -0.2) is 15.8 Å².